The van der Waals surface area contributed by atoms with Crippen LogP contribution in [0, 0.1) is 0 Å². The molecule has 0 amide bonds. The highest BCUT2D eigenvalue weighted by atomic mass is 33.1. The molecule has 1 atom stereocenters. The lowest BCUT2D eigenvalue weighted by Crippen LogP contribution is -1.92. The summed E-state index contributed by atoms with van der Waals surface area (Å²) in [5.41, 5.74) is 0. The van der Waals surface area contributed by atoms with E-state index in [0.717, 1.165) is 10.2 Å². The molecule has 0 saturated heterocycles. The molecule has 0 aliphatic carbocycles. The van der Waals surface area contributed by atoms with E-state index in [1.807, 2.05) is 33.3 Å². The first-order valence-electron chi connectivity index (χ1n) is 3.05. The average molecular weight is 264 g/mol. The number of thioether (sulfide) groups is 2. The standard InChI is InChI=1S/C5H12O2S5/c1-8-4-10-11-5-9-3-7-12(2)6/h3-5H2,1-2H3. The van der Waals surface area contributed by atoms with Gasteiger partial charge in [0.1, 0.15) is 5.94 Å². The predicted octanol–water partition coefficient (Wildman–Crippen LogP) is 2.65. The normalized spacial score (nSPS) is 13.2. The van der Waals surface area contributed by atoms with E-state index in [1.165, 1.54) is 6.26 Å². The van der Waals surface area contributed by atoms with Gasteiger partial charge in [0.05, 0.1) is 5.08 Å². The minimum Gasteiger partial charge on any atom is -0.280 e. The second-order valence-corrected chi connectivity index (χ2v) is 7.63. The minimum atomic E-state index is -1.12. The van der Waals surface area contributed by atoms with Gasteiger partial charge >= 0.3 is 0 Å². The zero-order chi connectivity index (χ0) is 9.23. The van der Waals surface area contributed by atoms with Crippen LogP contribution < -0.4 is 0 Å². The van der Waals surface area contributed by atoms with Crippen LogP contribution in [0.1, 0.15) is 0 Å². The van der Waals surface area contributed by atoms with Gasteiger partial charge in [-0.2, -0.15) is 11.8 Å². The second-order valence-electron chi connectivity index (χ2n) is 1.60. The molecule has 12 heavy (non-hydrogen) atoms. The summed E-state index contributed by atoms with van der Waals surface area (Å²) in [7, 11) is 3.65. The van der Waals surface area contributed by atoms with E-state index in [2.05, 4.69) is 6.26 Å². The molecule has 0 aliphatic heterocycles. The molecular weight excluding hydrogens is 252 g/mol. The van der Waals surface area contributed by atoms with E-state index < -0.39 is 11.1 Å². The van der Waals surface area contributed by atoms with Crippen LogP contribution >= 0.6 is 45.1 Å². The number of hydrogen-bond acceptors (Lipinski definition) is 6. The summed E-state index contributed by atoms with van der Waals surface area (Å²) in [5, 5.41) is 2.11. The van der Waals surface area contributed by atoms with E-state index >= 15 is 0 Å². The van der Waals surface area contributed by atoms with Crippen molar-refractivity contribution in [2.75, 3.05) is 28.6 Å². The van der Waals surface area contributed by atoms with Gasteiger partial charge in [0.25, 0.3) is 0 Å². The van der Waals surface area contributed by atoms with E-state index in [4.69, 9.17) is 4.18 Å². The summed E-state index contributed by atoms with van der Waals surface area (Å²) in [6.07, 6.45) is 3.63. The van der Waals surface area contributed by atoms with Crippen LogP contribution in [0.4, 0.5) is 0 Å². The topological polar surface area (TPSA) is 26.3 Å². The molecule has 0 saturated carbocycles. The molecule has 7 heteroatoms. The maximum absolute atomic E-state index is 10.4. The quantitative estimate of drug-likeness (QED) is 0.380. The van der Waals surface area contributed by atoms with Crippen molar-refractivity contribution in [1.29, 1.82) is 0 Å². The first-order chi connectivity index (χ1) is 5.77. The third-order valence-electron chi connectivity index (χ3n) is 0.678. The summed E-state index contributed by atoms with van der Waals surface area (Å²) in [6.45, 7) is 0. The fourth-order valence-corrected chi connectivity index (χ4v) is 5.28. The van der Waals surface area contributed by atoms with Gasteiger partial charge in [-0.25, -0.2) is 4.21 Å². The molecule has 0 aliphatic rings. The lowest BCUT2D eigenvalue weighted by atomic mass is 11.7. The molecule has 0 bridgehead atoms. The van der Waals surface area contributed by atoms with Crippen molar-refractivity contribution in [3.05, 3.63) is 0 Å². The first-order valence-corrected chi connectivity index (χ1v) is 9.57. The van der Waals surface area contributed by atoms with Gasteiger partial charge in [0.2, 0.25) is 0 Å². The first kappa shape index (κ1) is 13.5. The van der Waals surface area contributed by atoms with Crippen molar-refractivity contribution in [1.82, 2.24) is 0 Å². The summed E-state index contributed by atoms with van der Waals surface area (Å²) < 4.78 is 15.3. The molecule has 0 N–H and O–H groups in total. The highest BCUT2D eigenvalue weighted by molar-refractivity contribution is 8.79. The average Bonchev–Trinajstić information content (AvgIpc) is 2.02. The summed E-state index contributed by atoms with van der Waals surface area (Å²) in [5.74, 6) is 0.524. The Kier molecular flexibility index (Phi) is 11.9. The Morgan fingerprint density at radius 2 is 2.00 bits per heavy atom. The fourth-order valence-electron chi connectivity index (χ4n) is 0.286. The Morgan fingerprint density at radius 3 is 2.58 bits per heavy atom. The smallest absolute Gasteiger partial charge is 0.153 e. The Morgan fingerprint density at radius 1 is 1.33 bits per heavy atom. The highest BCUT2D eigenvalue weighted by Crippen LogP contribution is 2.28. The molecule has 0 aromatic carbocycles. The fraction of sp³-hybridized carbons (Fsp3) is 1.00. The van der Waals surface area contributed by atoms with Gasteiger partial charge in [-0.15, -0.1) is 11.8 Å². The van der Waals surface area contributed by atoms with Gasteiger partial charge in [-0.3, -0.25) is 4.18 Å². The molecular formula is C5H12O2S5. The SMILES string of the molecule is CSCSSCSCOS(C)=O. The Bertz CT molecular complexity index is 120. The van der Waals surface area contributed by atoms with E-state index in [0.29, 0.717) is 5.94 Å². The maximum atomic E-state index is 10.4. The van der Waals surface area contributed by atoms with Crippen molar-refractivity contribution in [2.24, 2.45) is 0 Å². The van der Waals surface area contributed by atoms with Crippen LogP contribution in [0.5, 0.6) is 0 Å². The predicted molar refractivity (Wildman–Crippen MR) is 66.0 cm³/mol. The van der Waals surface area contributed by atoms with E-state index in [-0.39, 0.29) is 0 Å². The zero-order valence-corrected chi connectivity index (χ0v) is 11.1. The number of hydrogen-bond donors (Lipinski definition) is 0. The lowest BCUT2D eigenvalue weighted by Gasteiger charge is -1.99. The molecule has 1 unspecified atom stereocenters. The van der Waals surface area contributed by atoms with Crippen molar-refractivity contribution in [3.8, 4) is 0 Å². The molecule has 0 fully saturated rings. The van der Waals surface area contributed by atoms with Crippen LogP contribution in [0.25, 0.3) is 0 Å². The molecule has 0 aromatic rings. The van der Waals surface area contributed by atoms with E-state index in [1.54, 1.807) is 11.8 Å². The van der Waals surface area contributed by atoms with Crippen LogP contribution in [0.3, 0.4) is 0 Å². The van der Waals surface area contributed by atoms with Crippen molar-refractivity contribution < 1.29 is 8.39 Å². The van der Waals surface area contributed by atoms with Gasteiger partial charge < -0.3 is 0 Å². The van der Waals surface area contributed by atoms with E-state index in [9.17, 15) is 4.21 Å². The Balaban J connectivity index is 2.86. The Labute approximate surface area is 92.8 Å². The lowest BCUT2D eigenvalue weighted by molar-refractivity contribution is 0.429. The van der Waals surface area contributed by atoms with Crippen molar-refractivity contribution >= 4 is 56.2 Å². The highest BCUT2D eigenvalue weighted by Gasteiger charge is 1.92. The van der Waals surface area contributed by atoms with Crippen LogP contribution in [0.15, 0.2) is 0 Å². The molecule has 0 rings (SSSR count). The second kappa shape index (κ2) is 10.6. The van der Waals surface area contributed by atoms with Crippen LogP contribution in [0.2, 0.25) is 0 Å². The summed E-state index contributed by atoms with van der Waals surface area (Å²) in [4.78, 5) is 0. The monoisotopic (exact) mass is 264 g/mol. The van der Waals surface area contributed by atoms with Crippen molar-refractivity contribution in [2.45, 2.75) is 0 Å². The molecule has 0 aromatic heterocycles. The third kappa shape index (κ3) is 11.5. The molecule has 0 spiro atoms. The maximum Gasteiger partial charge on any atom is 0.153 e. The molecule has 0 heterocycles. The van der Waals surface area contributed by atoms with Gasteiger partial charge in [-0.05, 0) is 6.26 Å². The van der Waals surface area contributed by atoms with Crippen LogP contribution in [-0.4, -0.2) is 32.8 Å². The van der Waals surface area contributed by atoms with Gasteiger partial charge in [0.15, 0.2) is 11.1 Å². The summed E-state index contributed by atoms with van der Waals surface area (Å²) >= 11 is 2.36. The minimum absolute atomic E-state index is 0.524. The Hall–Kier alpha value is 1.51. The van der Waals surface area contributed by atoms with Gasteiger partial charge in [-0.1, -0.05) is 21.6 Å². The largest absolute Gasteiger partial charge is 0.280 e. The van der Waals surface area contributed by atoms with Gasteiger partial charge in [0, 0.05) is 11.3 Å². The van der Waals surface area contributed by atoms with Crippen LogP contribution in [-0.2, 0) is 15.3 Å². The molecule has 74 valence electrons. The number of rotatable bonds is 8. The molecule has 0 radical (unpaired) electrons. The molecule has 2 nitrogen and oxygen atoms in total. The summed E-state index contributed by atoms with van der Waals surface area (Å²) in [6, 6.07) is 0. The third-order valence-corrected chi connectivity index (χ3v) is 6.34. The van der Waals surface area contributed by atoms with Crippen molar-refractivity contribution in [3.63, 3.8) is 0 Å². The zero-order valence-electron chi connectivity index (χ0n) is 6.98.